The Hall–Kier alpha value is -0.526. The van der Waals surface area contributed by atoms with E-state index >= 15 is 0 Å². The third-order valence-electron chi connectivity index (χ3n) is 1.09. The number of carboxylic acids is 1. The second kappa shape index (κ2) is 4.37. The zero-order valence-electron chi connectivity index (χ0n) is 5.36. The first-order valence-corrected chi connectivity index (χ1v) is 3.07. The molecule has 0 spiro atoms. The predicted octanol–water partition coefficient (Wildman–Crippen LogP) is 2.04. The van der Waals surface area contributed by atoms with Crippen LogP contribution in [0.2, 0.25) is 5.02 Å². The largest absolute Gasteiger partial charge is 0.478 e. The summed E-state index contributed by atoms with van der Waals surface area (Å²) in [4.78, 5) is 10.3. The van der Waals surface area contributed by atoms with E-state index in [2.05, 4.69) is 0 Å². The van der Waals surface area contributed by atoms with E-state index in [1.165, 1.54) is 12.1 Å². The normalized spacial score (nSPS) is 8.45. The van der Waals surface area contributed by atoms with Crippen LogP contribution in [0.15, 0.2) is 24.3 Å². The van der Waals surface area contributed by atoms with Crippen LogP contribution in [0.25, 0.3) is 0 Å². The summed E-state index contributed by atoms with van der Waals surface area (Å²) >= 11 is 5.52. The number of carboxylic acid groups (broad SMARTS) is 1. The van der Waals surface area contributed by atoms with Gasteiger partial charge in [-0.1, -0.05) is 11.6 Å². The van der Waals surface area contributed by atoms with Crippen LogP contribution in [-0.2, 0) is 16.5 Å². The molecule has 1 aromatic rings. The second-order valence-electron chi connectivity index (χ2n) is 1.81. The van der Waals surface area contributed by atoms with Gasteiger partial charge in [0.15, 0.2) is 0 Å². The summed E-state index contributed by atoms with van der Waals surface area (Å²) in [5, 5.41) is 8.98. The molecule has 0 fully saturated rings. The maximum atomic E-state index is 10.3. The Morgan fingerprint density at radius 3 is 2.09 bits per heavy atom. The fourth-order valence-corrected chi connectivity index (χ4v) is 0.718. The summed E-state index contributed by atoms with van der Waals surface area (Å²) in [7, 11) is 0. The monoisotopic (exact) mass is 214 g/mol. The van der Waals surface area contributed by atoms with Crippen LogP contribution >= 0.6 is 11.6 Å². The first kappa shape index (κ1) is 10.5. The van der Waals surface area contributed by atoms with Crippen molar-refractivity contribution >= 4 is 17.6 Å². The quantitative estimate of drug-likeness (QED) is 0.728. The third kappa shape index (κ3) is 2.91. The van der Waals surface area contributed by atoms with Gasteiger partial charge in [-0.25, -0.2) is 4.79 Å². The van der Waals surface area contributed by atoms with Crippen molar-refractivity contribution in [2.45, 2.75) is 0 Å². The zero-order valence-corrected chi connectivity index (χ0v) is 7.10. The minimum atomic E-state index is -0.934. The van der Waals surface area contributed by atoms with Gasteiger partial charge in [-0.2, -0.15) is 0 Å². The molecule has 0 radical (unpaired) electrons. The molecule has 0 atom stereocenters. The zero-order chi connectivity index (χ0) is 7.56. The number of benzene rings is 1. The van der Waals surface area contributed by atoms with Crippen LogP contribution in [0.4, 0.5) is 0 Å². The van der Waals surface area contributed by atoms with Gasteiger partial charge in [-0.3, -0.25) is 0 Å². The topological polar surface area (TPSA) is 37.3 Å². The Morgan fingerprint density at radius 1 is 1.27 bits per heavy atom. The molecule has 0 unspecified atom stereocenters. The van der Waals surface area contributed by atoms with Gasteiger partial charge in [-0.15, -0.1) is 0 Å². The molecule has 1 rings (SSSR count). The first-order valence-electron chi connectivity index (χ1n) is 2.69. The fraction of sp³-hybridized carbons (Fsp3) is 0. The average molecular weight is 215 g/mol. The van der Waals surface area contributed by atoms with Gasteiger partial charge in [0, 0.05) is 21.5 Å². The van der Waals surface area contributed by atoms with Crippen LogP contribution in [-0.4, -0.2) is 11.1 Å². The summed E-state index contributed by atoms with van der Waals surface area (Å²) < 4.78 is 0. The Labute approximate surface area is 79.1 Å². The van der Waals surface area contributed by atoms with Crippen molar-refractivity contribution in [1.29, 1.82) is 0 Å². The summed E-state index contributed by atoms with van der Waals surface area (Å²) in [5.41, 5.74) is 0.254. The Morgan fingerprint density at radius 2 is 1.73 bits per heavy atom. The van der Waals surface area contributed by atoms with Crippen molar-refractivity contribution in [3.63, 3.8) is 0 Å². The molecule has 0 bridgehead atoms. The van der Waals surface area contributed by atoms with Crippen LogP contribution in [0.5, 0.6) is 0 Å². The summed E-state index contributed by atoms with van der Waals surface area (Å²) in [6.45, 7) is 0. The van der Waals surface area contributed by atoms with E-state index in [1.54, 1.807) is 12.1 Å². The van der Waals surface area contributed by atoms with E-state index < -0.39 is 5.97 Å². The van der Waals surface area contributed by atoms with Crippen LogP contribution in [0.3, 0.4) is 0 Å². The van der Waals surface area contributed by atoms with Crippen LogP contribution in [0, 0.1) is 0 Å². The second-order valence-corrected chi connectivity index (χ2v) is 2.25. The number of aromatic carboxylic acids is 1. The number of hydrogen-bond acceptors (Lipinski definition) is 1. The third-order valence-corrected chi connectivity index (χ3v) is 1.34. The molecular formula is C7H5ClNiO2. The predicted molar refractivity (Wildman–Crippen MR) is 38.4 cm³/mol. The van der Waals surface area contributed by atoms with Crippen molar-refractivity contribution < 1.29 is 26.4 Å². The van der Waals surface area contributed by atoms with Gasteiger partial charge in [0.25, 0.3) is 0 Å². The molecule has 1 N–H and O–H groups in total. The molecule has 4 heteroatoms. The van der Waals surface area contributed by atoms with Gasteiger partial charge in [0.1, 0.15) is 0 Å². The summed E-state index contributed by atoms with van der Waals surface area (Å²) in [5.74, 6) is -0.934. The van der Waals surface area contributed by atoms with Crippen molar-refractivity contribution in [1.82, 2.24) is 0 Å². The molecule has 0 saturated heterocycles. The molecule has 62 valence electrons. The molecule has 2 nitrogen and oxygen atoms in total. The molecule has 0 aliphatic rings. The van der Waals surface area contributed by atoms with Gasteiger partial charge >= 0.3 is 5.97 Å². The van der Waals surface area contributed by atoms with E-state index in [9.17, 15) is 4.79 Å². The fourth-order valence-electron chi connectivity index (χ4n) is 0.592. The minimum Gasteiger partial charge on any atom is -0.478 e. The number of hydrogen-bond donors (Lipinski definition) is 1. The Kier molecular flexibility index (Phi) is 4.16. The van der Waals surface area contributed by atoms with Crippen LogP contribution < -0.4 is 0 Å². The molecule has 0 amide bonds. The number of rotatable bonds is 1. The van der Waals surface area contributed by atoms with Gasteiger partial charge < -0.3 is 5.11 Å². The van der Waals surface area contributed by atoms with Crippen molar-refractivity contribution in [3.05, 3.63) is 34.9 Å². The molecule has 11 heavy (non-hydrogen) atoms. The summed E-state index contributed by atoms with van der Waals surface area (Å²) in [6, 6.07) is 6.02. The maximum Gasteiger partial charge on any atom is 0.335 e. The van der Waals surface area contributed by atoms with Crippen LogP contribution in [0.1, 0.15) is 10.4 Å². The van der Waals surface area contributed by atoms with Gasteiger partial charge in [0.2, 0.25) is 0 Å². The van der Waals surface area contributed by atoms with Gasteiger partial charge in [-0.05, 0) is 24.3 Å². The van der Waals surface area contributed by atoms with Crippen molar-refractivity contribution in [3.8, 4) is 0 Å². The molecule has 0 saturated carbocycles. The molecular weight excluding hydrogens is 210 g/mol. The van der Waals surface area contributed by atoms with E-state index in [0.29, 0.717) is 5.02 Å². The number of halogens is 1. The molecule has 1 aromatic carbocycles. The number of carbonyl (C=O) groups is 1. The SMILES string of the molecule is O=C(O)c1ccc(Cl)cc1.[Ni]. The van der Waals surface area contributed by atoms with Gasteiger partial charge in [0.05, 0.1) is 5.56 Å². The molecule has 0 heterocycles. The standard InChI is InChI=1S/C7H5ClO2.Ni/c8-6-3-1-5(2-4-6)7(9)10;/h1-4H,(H,9,10);. The minimum absolute atomic E-state index is 0. The van der Waals surface area contributed by atoms with Crippen molar-refractivity contribution in [2.75, 3.05) is 0 Å². The summed E-state index contributed by atoms with van der Waals surface area (Å²) in [6.07, 6.45) is 0. The first-order chi connectivity index (χ1) is 4.70. The van der Waals surface area contributed by atoms with E-state index in [0.717, 1.165) is 0 Å². The van der Waals surface area contributed by atoms with E-state index in [1.807, 2.05) is 0 Å². The van der Waals surface area contributed by atoms with E-state index in [-0.39, 0.29) is 22.1 Å². The molecule has 0 aromatic heterocycles. The Bertz CT molecular complexity index is 245. The Balaban J connectivity index is 0.000001000. The average Bonchev–Trinajstić information content (AvgIpc) is 1.88. The molecule has 0 aliphatic heterocycles. The smallest absolute Gasteiger partial charge is 0.335 e. The van der Waals surface area contributed by atoms with E-state index in [4.69, 9.17) is 16.7 Å². The molecule has 0 aliphatic carbocycles. The van der Waals surface area contributed by atoms with Crippen molar-refractivity contribution in [2.24, 2.45) is 0 Å². The maximum absolute atomic E-state index is 10.3.